The van der Waals surface area contributed by atoms with Crippen LogP contribution in [-0.2, 0) is 11.0 Å². The van der Waals surface area contributed by atoms with Crippen LogP contribution in [0.2, 0.25) is 5.02 Å². The number of hydrogen-bond donors (Lipinski definition) is 2. The molecular weight excluding hydrogens is 447 g/mol. The number of rotatable bonds is 5. The molecule has 1 unspecified atom stereocenters. The van der Waals surface area contributed by atoms with Crippen molar-refractivity contribution in [1.29, 1.82) is 0 Å². The molecule has 3 rings (SSSR count). The Hall–Kier alpha value is -2.88. The van der Waals surface area contributed by atoms with Crippen LogP contribution >= 0.6 is 11.6 Å². The minimum Gasteiger partial charge on any atom is -0.354 e. The highest BCUT2D eigenvalue weighted by molar-refractivity contribution is 6.30. The zero-order chi connectivity index (χ0) is 23.5. The van der Waals surface area contributed by atoms with E-state index in [1.54, 1.807) is 13.8 Å². The van der Waals surface area contributed by atoms with E-state index in [1.807, 2.05) is 0 Å². The predicted octanol–water partition coefficient (Wildman–Crippen LogP) is 4.14. The van der Waals surface area contributed by atoms with Crippen molar-refractivity contribution in [3.63, 3.8) is 0 Å². The molecule has 1 fully saturated rings. The summed E-state index contributed by atoms with van der Waals surface area (Å²) in [4.78, 5) is 34.0. The first-order valence-electron chi connectivity index (χ1n) is 10.1. The van der Waals surface area contributed by atoms with Gasteiger partial charge in [-0.25, -0.2) is 9.97 Å². The van der Waals surface area contributed by atoms with Crippen LogP contribution in [0.25, 0.3) is 0 Å². The van der Waals surface area contributed by atoms with E-state index >= 15 is 0 Å². The molecule has 1 aliphatic heterocycles. The second-order valence-electron chi connectivity index (χ2n) is 7.85. The Morgan fingerprint density at radius 1 is 1.25 bits per heavy atom. The number of piperidine rings is 1. The number of aromatic nitrogens is 2. The molecule has 7 nitrogen and oxygen atoms in total. The number of nitrogens with zero attached hydrogens (tertiary/aromatic N) is 3. The van der Waals surface area contributed by atoms with E-state index in [0.29, 0.717) is 19.4 Å². The van der Waals surface area contributed by atoms with Crippen molar-refractivity contribution in [2.45, 2.75) is 38.9 Å². The molecule has 2 aromatic heterocycles. The van der Waals surface area contributed by atoms with E-state index in [4.69, 9.17) is 11.6 Å². The smallest absolute Gasteiger partial charge is 0.354 e. The topological polar surface area (TPSA) is 87.2 Å². The third-order valence-electron chi connectivity index (χ3n) is 4.99. The minimum atomic E-state index is -4.60. The summed E-state index contributed by atoms with van der Waals surface area (Å²) >= 11 is 5.72. The fraction of sp³-hybridized carbons (Fsp3) is 0.429. The molecule has 1 aliphatic rings. The van der Waals surface area contributed by atoms with E-state index in [0.717, 1.165) is 6.07 Å². The number of amides is 2. The first-order valence-corrected chi connectivity index (χ1v) is 10.5. The maximum absolute atomic E-state index is 13.5. The van der Waals surface area contributed by atoms with E-state index in [-0.39, 0.29) is 46.6 Å². The van der Waals surface area contributed by atoms with Gasteiger partial charge in [0.1, 0.15) is 11.6 Å². The molecule has 172 valence electrons. The second kappa shape index (κ2) is 9.72. The number of carbonyl (C=O) groups is 2. The van der Waals surface area contributed by atoms with Crippen molar-refractivity contribution in [1.82, 2.24) is 15.3 Å². The van der Waals surface area contributed by atoms with Crippen LogP contribution in [0.4, 0.5) is 24.8 Å². The summed E-state index contributed by atoms with van der Waals surface area (Å²) in [6.07, 6.45) is -0.821. The number of carbonyl (C=O) groups excluding carboxylic acids is 2. The number of halogens is 4. The van der Waals surface area contributed by atoms with E-state index < -0.39 is 17.6 Å². The minimum absolute atomic E-state index is 0.0963. The van der Waals surface area contributed by atoms with Crippen LogP contribution in [0.3, 0.4) is 0 Å². The van der Waals surface area contributed by atoms with Crippen molar-refractivity contribution >= 4 is 35.1 Å². The lowest BCUT2D eigenvalue weighted by Crippen LogP contribution is -2.48. The van der Waals surface area contributed by atoms with Crippen LogP contribution in [0.5, 0.6) is 0 Å². The highest BCUT2D eigenvalue weighted by atomic mass is 35.5. The number of hydrogen-bond acceptors (Lipinski definition) is 5. The predicted molar refractivity (Wildman–Crippen MR) is 115 cm³/mol. The lowest BCUT2D eigenvalue weighted by molar-refractivity contribution is -0.137. The SMILES string of the molecule is CC(C)C(=O)Nc1cc(C(=O)NC2CCCN(c3ncc(Cl)cc3C(F)(F)F)C2)ccn1. The van der Waals surface area contributed by atoms with E-state index in [2.05, 4.69) is 20.6 Å². The van der Waals surface area contributed by atoms with Gasteiger partial charge in [-0.2, -0.15) is 13.2 Å². The number of anilines is 2. The van der Waals surface area contributed by atoms with Crippen molar-refractivity contribution < 1.29 is 22.8 Å². The third-order valence-corrected chi connectivity index (χ3v) is 5.20. The van der Waals surface area contributed by atoms with Gasteiger partial charge in [0.25, 0.3) is 5.91 Å². The molecule has 0 spiro atoms. The Labute approximate surface area is 188 Å². The van der Waals surface area contributed by atoms with E-state index in [9.17, 15) is 22.8 Å². The zero-order valence-corrected chi connectivity index (χ0v) is 18.3. The summed E-state index contributed by atoms with van der Waals surface area (Å²) in [5, 5.41) is 5.39. The van der Waals surface area contributed by atoms with Crippen molar-refractivity contribution in [2.24, 2.45) is 5.92 Å². The fourth-order valence-corrected chi connectivity index (χ4v) is 3.52. The van der Waals surface area contributed by atoms with Crippen LogP contribution in [0.15, 0.2) is 30.6 Å². The lowest BCUT2D eigenvalue weighted by atomic mass is 10.0. The molecule has 0 radical (unpaired) electrons. The summed E-state index contributed by atoms with van der Waals surface area (Å²) in [7, 11) is 0. The Bertz CT molecular complexity index is 1000. The maximum Gasteiger partial charge on any atom is 0.420 e. The number of alkyl halides is 3. The van der Waals surface area contributed by atoms with Gasteiger partial charge in [0.05, 0.1) is 10.6 Å². The molecule has 0 aromatic carbocycles. The molecule has 1 saturated heterocycles. The van der Waals surface area contributed by atoms with Gasteiger partial charge in [0.15, 0.2) is 0 Å². The highest BCUT2D eigenvalue weighted by Crippen LogP contribution is 2.37. The van der Waals surface area contributed by atoms with Gasteiger partial charge >= 0.3 is 6.18 Å². The van der Waals surface area contributed by atoms with Crippen LogP contribution < -0.4 is 15.5 Å². The van der Waals surface area contributed by atoms with Crippen molar-refractivity contribution in [2.75, 3.05) is 23.3 Å². The normalized spacial score (nSPS) is 16.7. The summed E-state index contributed by atoms with van der Waals surface area (Å²) in [5.41, 5.74) is -0.617. The molecule has 0 bridgehead atoms. The van der Waals surface area contributed by atoms with Gasteiger partial charge in [-0.3, -0.25) is 9.59 Å². The molecular formula is C21H23ClF3N5O2. The van der Waals surface area contributed by atoms with Gasteiger partial charge in [0.2, 0.25) is 5.91 Å². The molecule has 1 atom stereocenters. The van der Waals surface area contributed by atoms with Gasteiger partial charge < -0.3 is 15.5 Å². The van der Waals surface area contributed by atoms with Crippen molar-refractivity contribution in [3.8, 4) is 0 Å². The number of nitrogens with one attached hydrogen (secondary N) is 2. The van der Waals surface area contributed by atoms with Gasteiger partial charge in [-0.1, -0.05) is 25.4 Å². The monoisotopic (exact) mass is 469 g/mol. The molecule has 2 aromatic rings. The molecule has 0 aliphatic carbocycles. The summed E-state index contributed by atoms with van der Waals surface area (Å²) in [6, 6.07) is 3.44. The average molecular weight is 470 g/mol. The maximum atomic E-state index is 13.5. The molecule has 11 heteroatoms. The fourth-order valence-electron chi connectivity index (χ4n) is 3.36. The van der Waals surface area contributed by atoms with Gasteiger partial charge in [-0.15, -0.1) is 0 Å². The Balaban J connectivity index is 1.71. The highest BCUT2D eigenvalue weighted by Gasteiger charge is 2.37. The summed E-state index contributed by atoms with van der Waals surface area (Å²) < 4.78 is 40.4. The Kier molecular flexibility index (Phi) is 7.22. The lowest BCUT2D eigenvalue weighted by Gasteiger charge is -2.35. The van der Waals surface area contributed by atoms with Crippen LogP contribution in [0.1, 0.15) is 42.6 Å². The molecule has 2 N–H and O–H groups in total. The average Bonchev–Trinajstić information content (AvgIpc) is 2.73. The molecule has 0 saturated carbocycles. The molecule has 3 heterocycles. The van der Waals surface area contributed by atoms with E-state index in [1.165, 1.54) is 29.4 Å². The largest absolute Gasteiger partial charge is 0.420 e. The van der Waals surface area contributed by atoms with Crippen molar-refractivity contribution in [3.05, 3.63) is 46.7 Å². The number of pyridine rings is 2. The van der Waals surface area contributed by atoms with Gasteiger partial charge in [-0.05, 0) is 31.0 Å². The summed E-state index contributed by atoms with van der Waals surface area (Å²) in [5.74, 6) is -0.830. The Morgan fingerprint density at radius 3 is 2.69 bits per heavy atom. The first-order chi connectivity index (χ1) is 15.0. The molecule has 32 heavy (non-hydrogen) atoms. The van der Waals surface area contributed by atoms with Crippen LogP contribution in [-0.4, -0.2) is 40.9 Å². The third kappa shape index (κ3) is 5.87. The standard InChI is InChI=1S/C21H23ClF3N5O2/c1-12(2)19(31)29-17-8-13(5-6-26-17)20(32)28-15-4-3-7-30(11-15)18-16(21(23,24)25)9-14(22)10-27-18/h5-6,8-10,12,15H,3-4,7,11H2,1-2H3,(H,28,32)(H,26,29,31). The summed E-state index contributed by atoms with van der Waals surface area (Å²) in [6.45, 7) is 4.02. The van der Waals surface area contributed by atoms with Gasteiger partial charge in [0, 0.05) is 43.0 Å². The second-order valence-corrected chi connectivity index (χ2v) is 8.29. The quantitative estimate of drug-likeness (QED) is 0.687. The first kappa shape index (κ1) is 23.8. The zero-order valence-electron chi connectivity index (χ0n) is 17.5. The Morgan fingerprint density at radius 2 is 2.00 bits per heavy atom. The molecule has 2 amide bonds. The van der Waals surface area contributed by atoms with Crippen LogP contribution in [0, 0.1) is 5.92 Å².